The molecule has 0 atom stereocenters. The first-order chi connectivity index (χ1) is 8.97. The molecular weight excluding hydrogens is 246 g/mol. The van der Waals surface area contributed by atoms with Crippen molar-refractivity contribution in [3.8, 4) is 0 Å². The highest BCUT2D eigenvalue weighted by Gasteiger charge is 2.32. The third-order valence-electron chi connectivity index (χ3n) is 3.16. The number of pyridine rings is 1. The second-order valence-corrected chi connectivity index (χ2v) is 4.97. The lowest BCUT2D eigenvalue weighted by molar-refractivity contribution is -0.139. The van der Waals surface area contributed by atoms with Crippen molar-refractivity contribution in [3.05, 3.63) is 23.9 Å². The number of nitrogens with zero attached hydrogens (tertiary/aromatic N) is 3. The molecule has 0 saturated carbocycles. The van der Waals surface area contributed by atoms with Crippen LogP contribution in [0.1, 0.15) is 16.8 Å². The van der Waals surface area contributed by atoms with Crippen LogP contribution in [0.3, 0.4) is 0 Å². The van der Waals surface area contributed by atoms with Gasteiger partial charge in [-0.25, -0.2) is 4.98 Å². The third-order valence-corrected chi connectivity index (χ3v) is 3.16. The van der Waals surface area contributed by atoms with Gasteiger partial charge in [0.05, 0.1) is 12.0 Å². The summed E-state index contributed by atoms with van der Waals surface area (Å²) < 4.78 is 0. The third kappa shape index (κ3) is 3.01. The Morgan fingerprint density at radius 1 is 1.42 bits per heavy atom. The van der Waals surface area contributed by atoms with Crippen LogP contribution in [0.25, 0.3) is 0 Å². The van der Waals surface area contributed by atoms with E-state index in [0.29, 0.717) is 18.7 Å². The summed E-state index contributed by atoms with van der Waals surface area (Å²) in [6, 6.07) is 3.54. The van der Waals surface area contributed by atoms with E-state index < -0.39 is 5.97 Å². The normalized spacial score (nSPS) is 14.9. The van der Waals surface area contributed by atoms with Gasteiger partial charge in [-0.15, -0.1) is 0 Å². The quantitative estimate of drug-likeness (QED) is 0.865. The molecule has 0 spiro atoms. The fourth-order valence-electron chi connectivity index (χ4n) is 2.07. The molecule has 1 fully saturated rings. The number of amides is 1. The topological polar surface area (TPSA) is 73.7 Å². The number of anilines is 1. The van der Waals surface area contributed by atoms with Gasteiger partial charge >= 0.3 is 5.97 Å². The van der Waals surface area contributed by atoms with E-state index in [9.17, 15) is 9.59 Å². The number of aliphatic carboxylic acids is 1. The summed E-state index contributed by atoms with van der Waals surface area (Å²) in [7, 11) is 3.77. The van der Waals surface area contributed by atoms with Crippen LogP contribution in [0, 0.1) is 5.92 Å². The summed E-state index contributed by atoms with van der Waals surface area (Å²) in [6.07, 6.45) is 1.68. The minimum absolute atomic E-state index is 0.0791. The summed E-state index contributed by atoms with van der Waals surface area (Å²) in [5.41, 5.74) is 0.541. The molecule has 0 unspecified atom stereocenters. The Bertz CT molecular complexity index is 478. The Morgan fingerprint density at radius 3 is 2.58 bits per heavy atom. The molecule has 102 valence electrons. The summed E-state index contributed by atoms with van der Waals surface area (Å²) in [4.78, 5) is 30.3. The van der Waals surface area contributed by atoms with E-state index in [0.717, 1.165) is 5.82 Å². The SMILES string of the molecule is CN(C)c1ccc(C(=O)N2CC(CC(=O)O)C2)cn1. The molecule has 1 aliphatic rings. The number of hydrogen-bond acceptors (Lipinski definition) is 4. The van der Waals surface area contributed by atoms with E-state index >= 15 is 0 Å². The molecule has 0 aliphatic carbocycles. The van der Waals surface area contributed by atoms with Crippen LogP contribution in [0.15, 0.2) is 18.3 Å². The van der Waals surface area contributed by atoms with Gasteiger partial charge in [0.25, 0.3) is 5.91 Å². The summed E-state index contributed by atoms with van der Waals surface area (Å²) in [5, 5.41) is 8.66. The summed E-state index contributed by atoms with van der Waals surface area (Å²) in [5.74, 6) is -0.0204. The first-order valence-corrected chi connectivity index (χ1v) is 6.12. The molecule has 1 aliphatic heterocycles. The van der Waals surface area contributed by atoms with Crippen molar-refractivity contribution >= 4 is 17.7 Å². The highest BCUT2D eigenvalue weighted by Crippen LogP contribution is 2.21. The molecule has 6 heteroatoms. The number of likely N-dealkylation sites (tertiary alicyclic amines) is 1. The van der Waals surface area contributed by atoms with Crippen LogP contribution in [-0.2, 0) is 4.79 Å². The molecule has 1 N–H and O–H groups in total. The predicted octanol–water partition coefficient (Wildman–Crippen LogP) is 0.694. The van der Waals surface area contributed by atoms with Crippen molar-refractivity contribution in [2.24, 2.45) is 5.92 Å². The average molecular weight is 263 g/mol. The highest BCUT2D eigenvalue weighted by molar-refractivity contribution is 5.94. The molecule has 1 aromatic heterocycles. The summed E-state index contributed by atoms with van der Waals surface area (Å²) in [6.45, 7) is 1.03. The Hall–Kier alpha value is -2.11. The first kappa shape index (κ1) is 13.3. The lowest BCUT2D eigenvalue weighted by Crippen LogP contribution is -2.50. The van der Waals surface area contributed by atoms with Gasteiger partial charge in [-0.3, -0.25) is 9.59 Å². The van der Waals surface area contributed by atoms with E-state index in [1.165, 1.54) is 0 Å². The van der Waals surface area contributed by atoms with Gasteiger partial charge < -0.3 is 14.9 Å². The minimum Gasteiger partial charge on any atom is -0.481 e. The van der Waals surface area contributed by atoms with Gasteiger partial charge in [0.15, 0.2) is 0 Å². The van der Waals surface area contributed by atoms with Crippen LogP contribution in [0.4, 0.5) is 5.82 Å². The first-order valence-electron chi connectivity index (χ1n) is 6.12. The van der Waals surface area contributed by atoms with Crippen molar-refractivity contribution in [2.75, 3.05) is 32.1 Å². The average Bonchev–Trinajstić information content (AvgIpc) is 2.32. The smallest absolute Gasteiger partial charge is 0.303 e. The molecule has 1 aromatic rings. The number of carboxylic acids is 1. The van der Waals surface area contributed by atoms with Gasteiger partial charge in [0.2, 0.25) is 0 Å². The number of carboxylic acid groups (broad SMARTS) is 1. The van der Waals surface area contributed by atoms with E-state index in [2.05, 4.69) is 4.98 Å². The molecule has 1 amide bonds. The monoisotopic (exact) mass is 263 g/mol. The number of carbonyl (C=O) groups excluding carboxylic acids is 1. The summed E-state index contributed by atoms with van der Waals surface area (Å²) >= 11 is 0. The Labute approximate surface area is 111 Å². The second kappa shape index (κ2) is 5.26. The van der Waals surface area contributed by atoms with Crippen molar-refractivity contribution in [2.45, 2.75) is 6.42 Å². The number of aromatic nitrogens is 1. The maximum Gasteiger partial charge on any atom is 0.303 e. The number of rotatable bonds is 4. The zero-order chi connectivity index (χ0) is 14.0. The van der Waals surface area contributed by atoms with Crippen molar-refractivity contribution in [1.29, 1.82) is 0 Å². The molecule has 1 saturated heterocycles. The van der Waals surface area contributed by atoms with Gasteiger partial charge in [-0.05, 0) is 12.1 Å². The van der Waals surface area contributed by atoms with Crippen LogP contribution in [0.5, 0.6) is 0 Å². The van der Waals surface area contributed by atoms with Gasteiger partial charge in [0.1, 0.15) is 5.82 Å². The predicted molar refractivity (Wildman–Crippen MR) is 70.2 cm³/mol. The van der Waals surface area contributed by atoms with Gasteiger partial charge in [0, 0.05) is 39.3 Å². The lowest BCUT2D eigenvalue weighted by Gasteiger charge is -2.38. The van der Waals surface area contributed by atoms with Crippen LogP contribution >= 0.6 is 0 Å². The van der Waals surface area contributed by atoms with E-state index in [4.69, 9.17) is 5.11 Å². The second-order valence-electron chi connectivity index (χ2n) is 4.97. The van der Waals surface area contributed by atoms with Gasteiger partial charge in [-0.1, -0.05) is 0 Å². The standard InChI is InChI=1S/C13H17N3O3/c1-15(2)11-4-3-10(6-14-11)13(19)16-7-9(8-16)5-12(17)18/h3-4,6,9H,5,7-8H2,1-2H3,(H,17,18). The molecule has 0 aromatic carbocycles. The maximum atomic E-state index is 12.1. The van der Waals surface area contributed by atoms with E-state index in [1.54, 1.807) is 23.2 Å². The molecule has 2 rings (SSSR count). The van der Waals surface area contributed by atoms with Crippen molar-refractivity contribution in [1.82, 2.24) is 9.88 Å². The van der Waals surface area contributed by atoms with Crippen LogP contribution in [0.2, 0.25) is 0 Å². The Balaban J connectivity index is 1.93. The molecule has 6 nitrogen and oxygen atoms in total. The number of carbonyl (C=O) groups is 2. The zero-order valence-electron chi connectivity index (χ0n) is 11.0. The zero-order valence-corrected chi connectivity index (χ0v) is 11.0. The van der Waals surface area contributed by atoms with Crippen molar-refractivity contribution in [3.63, 3.8) is 0 Å². The fourth-order valence-corrected chi connectivity index (χ4v) is 2.07. The van der Waals surface area contributed by atoms with E-state index in [-0.39, 0.29) is 18.2 Å². The van der Waals surface area contributed by atoms with Crippen molar-refractivity contribution < 1.29 is 14.7 Å². The maximum absolute atomic E-state index is 12.1. The van der Waals surface area contributed by atoms with Crippen LogP contribution < -0.4 is 4.90 Å². The Kier molecular flexibility index (Phi) is 3.69. The molecule has 0 bridgehead atoms. The Morgan fingerprint density at radius 2 is 2.11 bits per heavy atom. The highest BCUT2D eigenvalue weighted by atomic mass is 16.4. The van der Waals surface area contributed by atoms with Gasteiger partial charge in [-0.2, -0.15) is 0 Å². The molecular formula is C13H17N3O3. The molecule has 2 heterocycles. The lowest BCUT2D eigenvalue weighted by atomic mass is 9.95. The minimum atomic E-state index is -0.811. The van der Waals surface area contributed by atoms with E-state index in [1.807, 2.05) is 19.0 Å². The largest absolute Gasteiger partial charge is 0.481 e. The number of hydrogen-bond donors (Lipinski definition) is 1. The fraction of sp³-hybridized carbons (Fsp3) is 0.462. The van der Waals surface area contributed by atoms with Crippen LogP contribution in [-0.4, -0.2) is 54.1 Å². The molecule has 19 heavy (non-hydrogen) atoms. The molecule has 0 radical (unpaired) electrons.